The Bertz CT molecular complexity index is 488. The van der Waals surface area contributed by atoms with Gasteiger partial charge in [0, 0.05) is 5.46 Å². The zero-order valence-electron chi connectivity index (χ0n) is 12.2. The quantitative estimate of drug-likeness (QED) is 0.814. The number of ether oxygens (including phenoxy) is 1. The fourth-order valence-corrected chi connectivity index (χ4v) is 1.64. The molecule has 0 amide bonds. The summed E-state index contributed by atoms with van der Waals surface area (Å²) in [5.41, 5.74) is -2.42. The number of aliphatic hydroxyl groups is 1. The average Bonchev–Trinajstić information content (AvgIpc) is 2.27. The van der Waals surface area contributed by atoms with Crippen LogP contribution in [0.15, 0.2) is 12.1 Å². The molecule has 1 aromatic rings. The van der Waals surface area contributed by atoms with E-state index in [1.165, 1.54) is 19.2 Å². The minimum Gasteiger partial charge on any atom is -0.492 e. The summed E-state index contributed by atoms with van der Waals surface area (Å²) in [6.45, 7) is 6.28. The molecule has 0 saturated carbocycles. The molecule has 0 bridgehead atoms. The van der Waals surface area contributed by atoms with Gasteiger partial charge in [0.2, 0.25) is 0 Å². The lowest BCUT2D eigenvalue weighted by Crippen LogP contribution is -2.53. The predicted octanol–water partition coefficient (Wildman–Crippen LogP) is 1.74. The topological polar surface area (TPSA) is 58.9 Å². The van der Waals surface area contributed by atoms with Crippen molar-refractivity contribution in [3.8, 4) is 5.75 Å². The first-order chi connectivity index (χ1) is 9.01. The molecule has 2 N–H and O–H groups in total. The van der Waals surface area contributed by atoms with Crippen LogP contribution in [0, 0.1) is 5.82 Å². The van der Waals surface area contributed by atoms with Crippen molar-refractivity contribution >= 4 is 24.2 Å². The Morgan fingerprint density at radius 3 is 2.25 bits per heavy atom. The molecule has 0 saturated heterocycles. The monoisotopic (exact) mass is 304 g/mol. The van der Waals surface area contributed by atoms with Crippen LogP contribution in [0.25, 0.3) is 0 Å². The van der Waals surface area contributed by atoms with Gasteiger partial charge in [-0.1, -0.05) is 17.7 Å². The number of benzene rings is 1. The first-order valence-electron chi connectivity index (χ1n) is 6.11. The molecule has 0 aliphatic carbocycles. The van der Waals surface area contributed by atoms with Crippen molar-refractivity contribution in [1.29, 1.82) is 0 Å². The Kier molecular flexibility index (Phi) is 5.08. The molecule has 20 heavy (non-hydrogen) atoms. The van der Waals surface area contributed by atoms with Gasteiger partial charge in [-0.3, -0.25) is 0 Å². The molecule has 0 unspecified atom stereocenters. The smallest absolute Gasteiger partial charge is 0.492 e. The van der Waals surface area contributed by atoms with Gasteiger partial charge in [-0.05, 0) is 33.8 Å². The van der Waals surface area contributed by atoms with E-state index >= 15 is 0 Å². The van der Waals surface area contributed by atoms with Crippen LogP contribution in [-0.2, 0) is 4.65 Å². The maximum atomic E-state index is 14.1. The number of hydrogen-bond acceptors (Lipinski definition) is 4. The van der Waals surface area contributed by atoms with Gasteiger partial charge < -0.3 is 19.5 Å². The van der Waals surface area contributed by atoms with Crippen LogP contribution in [0.3, 0.4) is 0 Å². The van der Waals surface area contributed by atoms with Gasteiger partial charge >= 0.3 is 7.12 Å². The molecule has 0 radical (unpaired) electrons. The van der Waals surface area contributed by atoms with Crippen molar-refractivity contribution in [2.24, 2.45) is 0 Å². The van der Waals surface area contributed by atoms with Crippen molar-refractivity contribution in [2.45, 2.75) is 38.9 Å². The summed E-state index contributed by atoms with van der Waals surface area (Å²) in [5.74, 6) is -0.952. The van der Waals surface area contributed by atoms with Gasteiger partial charge in [-0.2, -0.15) is 0 Å². The van der Waals surface area contributed by atoms with E-state index in [0.717, 1.165) is 0 Å². The van der Waals surface area contributed by atoms with Crippen molar-refractivity contribution in [2.75, 3.05) is 7.11 Å². The molecule has 4 nitrogen and oxygen atoms in total. The highest BCUT2D eigenvalue weighted by molar-refractivity contribution is 6.60. The van der Waals surface area contributed by atoms with E-state index in [9.17, 15) is 14.5 Å². The molecule has 0 aliphatic rings. The van der Waals surface area contributed by atoms with Crippen LogP contribution in [0.2, 0.25) is 5.02 Å². The van der Waals surface area contributed by atoms with Crippen molar-refractivity contribution in [3.63, 3.8) is 0 Å². The molecule has 0 spiro atoms. The third kappa shape index (κ3) is 3.44. The fraction of sp³-hybridized carbons (Fsp3) is 0.538. The molecule has 0 aliphatic heterocycles. The largest absolute Gasteiger partial charge is 0.494 e. The van der Waals surface area contributed by atoms with E-state index in [1.54, 1.807) is 27.7 Å². The molecule has 0 aromatic heterocycles. The second-order valence-corrected chi connectivity index (χ2v) is 5.93. The molecule has 0 fully saturated rings. The molecule has 112 valence electrons. The van der Waals surface area contributed by atoms with Gasteiger partial charge in [-0.15, -0.1) is 0 Å². The van der Waals surface area contributed by atoms with Gasteiger partial charge in [0.15, 0.2) is 11.6 Å². The molecule has 0 atom stereocenters. The maximum Gasteiger partial charge on any atom is 0.494 e. The lowest BCUT2D eigenvalue weighted by atomic mass is 9.76. The number of methoxy groups -OCH3 is 1. The Balaban J connectivity index is 3.08. The molecule has 7 heteroatoms. The lowest BCUT2D eigenvalue weighted by molar-refractivity contribution is -0.0983. The van der Waals surface area contributed by atoms with Crippen LogP contribution in [-0.4, -0.2) is 35.6 Å². The van der Waals surface area contributed by atoms with Gasteiger partial charge in [0.25, 0.3) is 0 Å². The maximum absolute atomic E-state index is 14.1. The first-order valence-corrected chi connectivity index (χ1v) is 6.49. The zero-order chi connectivity index (χ0) is 15.7. The SMILES string of the molecule is COc1c(Cl)ccc(B(O)OC(C)(C)C(C)(C)O)c1F. The summed E-state index contributed by atoms with van der Waals surface area (Å²) >= 11 is 5.78. The number of hydrogen-bond donors (Lipinski definition) is 2. The van der Waals surface area contributed by atoms with Crippen molar-refractivity contribution < 1.29 is 23.9 Å². The van der Waals surface area contributed by atoms with Gasteiger partial charge in [0.1, 0.15) is 0 Å². The number of rotatable bonds is 5. The van der Waals surface area contributed by atoms with Gasteiger partial charge in [-0.25, -0.2) is 4.39 Å². The van der Waals surface area contributed by atoms with Gasteiger partial charge in [0.05, 0.1) is 23.3 Å². The Labute approximate surface area is 123 Å². The Hall–Kier alpha value is -0.815. The highest BCUT2D eigenvalue weighted by atomic mass is 35.5. The second kappa shape index (κ2) is 5.89. The molecule has 1 rings (SSSR count). The van der Waals surface area contributed by atoms with Crippen LogP contribution < -0.4 is 10.2 Å². The third-order valence-corrected chi connectivity index (χ3v) is 3.73. The summed E-state index contributed by atoms with van der Waals surface area (Å²) in [4.78, 5) is 0. The third-order valence-electron chi connectivity index (χ3n) is 3.43. The molecule has 0 heterocycles. The van der Waals surface area contributed by atoms with Crippen LogP contribution in [0.5, 0.6) is 5.75 Å². The average molecular weight is 305 g/mol. The second-order valence-electron chi connectivity index (χ2n) is 5.52. The fourth-order valence-electron chi connectivity index (χ4n) is 1.41. The molecular weight excluding hydrogens is 285 g/mol. The van der Waals surface area contributed by atoms with Crippen LogP contribution in [0.1, 0.15) is 27.7 Å². The van der Waals surface area contributed by atoms with E-state index in [0.29, 0.717) is 0 Å². The summed E-state index contributed by atoms with van der Waals surface area (Å²) in [6, 6.07) is 2.72. The first kappa shape index (κ1) is 17.2. The van der Waals surface area contributed by atoms with E-state index in [-0.39, 0.29) is 16.2 Å². The van der Waals surface area contributed by atoms with Crippen LogP contribution in [0.4, 0.5) is 4.39 Å². The summed E-state index contributed by atoms with van der Waals surface area (Å²) in [5, 5.41) is 20.1. The summed E-state index contributed by atoms with van der Waals surface area (Å²) in [6.07, 6.45) is 0. The normalized spacial score (nSPS) is 12.4. The minimum atomic E-state index is -1.55. The van der Waals surface area contributed by atoms with E-state index < -0.39 is 24.1 Å². The van der Waals surface area contributed by atoms with Crippen molar-refractivity contribution in [1.82, 2.24) is 0 Å². The predicted molar refractivity (Wildman–Crippen MR) is 77.0 cm³/mol. The lowest BCUT2D eigenvalue weighted by Gasteiger charge is -2.38. The van der Waals surface area contributed by atoms with Crippen LogP contribution >= 0.6 is 11.6 Å². The molecular formula is C13H19BClFO4. The van der Waals surface area contributed by atoms with E-state index in [2.05, 4.69) is 0 Å². The Morgan fingerprint density at radius 2 is 1.80 bits per heavy atom. The minimum absolute atomic E-state index is 0.0997. The Morgan fingerprint density at radius 1 is 1.25 bits per heavy atom. The van der Waals surface area contributed by atoms with E-state index in [4.69, 9.17) is 21.0 Å². The molecule has 1 aromatic carbocycles. The number of halogens is 2. The highest BCUT2D eigenvalue weighted by Crippen LogP contribution is 2.28. The standard InChI is InChI=1S/C13H19BClFO4/c1-12(2,17)13(3,4)20-14(18)8-6-7-9(15)11(19-5)10(8)16/h6-7,17-18H,1-5H3. The zero-order valence-corrected chi connectivity index (χ0v) is 13.0. The summed E-state index contributed by atoms with van der Waals surface area (Å²) < 4.78 is 24.4. The van der Waals surface area contributed by atoms with Crippen molar-refractivity contribution in [3.05, 3.63) is 23.0 Å². The summed E-state index contributed by atoms with van der Waals surface area (Å²) in [7, 11) is -0.273. The highest BCUT2D eigenvalue weighted by Gasteiger charge is 2.40. The van der Waals surface area contributed by atoms with E-state index in [1.807, 2.05) is 0 Å².